The lowest BCUT2D eigenvalue weighted by Crippen LogP contribution is -2.47. The van der Waals surface area contributed by atoms with Gasteiger partial charge in [0.15, 0.2) is 5.60 Å². The SMILES string of the molecule is C=C[C@]1(OC(=O)c2ccccc2)[C@@H](OC(=O)c2ccccc2)O[C@H](CC)[C@H]1C. The zero-order valence-corrected chi connectivity index (χ0v) is 16.0. The maximum atomic E-state index is 12.7. The van der Waals surface area contributed by atoms with Crippen molar-refractivity contribution in [3.05, 3.63) is 84.4 Å². The van der Waals surface area contributed by atoms with Gasteiger partial charge in [-0.05, 0) is 36.8 Å². The predicted molar refractivity (Wildman–Crippen MR) is 105 cm³/mol. The first-order chi connectivity index (χ1) is 13.5. The van der Waals surface area contributed by atoms with Crippen molar-refractivity contribution in [1.29, 1.82) is 0 Å². The van der Waals surface area contributed by atoms with E-state index in [0.29, 0.717) is 17.5 Å². The summed E-state index contributed by atoms with van der Waals surface area (Å²) in [5, 5.41) is 0. The monoisotopic (exact) mass is 380 g/mol. The maximum Gasteiger partial charge on any atom is 0.340 e. The number of rotatable bonds is 6. The molecule has 5 nitrogen and oxygen atoms in total. The van der Waals surface area contributed by atoms with Gasteiger partial charge in [0.05, 0.1) is 17.2 Å². The lowest BCUT2D eigenvalue weighted by Gasteiger charge is -2.33. The van der Waals surface area contributed by atoms with Gasteiger partial charge in [-0.2, -0.15) is 0 Å². The molecule has 0 bridgehead atoms. The van der Waals surface area contributed by atoms with Gasteiger partial charge in [-0.1, -0.05) is 56.8 Å². The highest BCUT2D eigenvalue weighted by molar-refractivity contribution is 5.90. The second-order valence-electron chi connectivity index (χ2n) is 6.79. The molecule has 0 aromatic heterocycles. The highest BCUT2D eigenvalue weighted by atomic mass is 16.7. The molecule has 28 heavy (non-hydrogen) atoms. The molecule has 1 fully saturated rings. The third-order valence-corrected chi connectivity index (χ3v) is 5.16. The molecule has 1 saturated heterocycles. The van der Waals surface area contributed by atoms with Gasteiger partial charge < -0.3 is 14.2 Å². The summed E-state index contributed by atoms with van der Waals surface area (Å²) < 4.78 is 17.5. The van der Waals surface area contributed by atoms with Gasteiger partial charge in [0, 0.05) is 5.92 Å². The van der Waals surface area contributed by atoms with Crippen molar-refractivity contribution in [2.45, 2.75) is 38.3 Å². The van der Waals surface area contributed by atoms with Crippen molar-refractivity contribution in [3.63, 3.8) is 0 Å². The topological polar surface area (TPSA) is 61.8 Å². The Morgan fingerprint density at radius 2 is 1.57 bits per heavy atom. The number of carbonyl (C=O) groups excluding carboxylic acids is 2. The van der Waals surface area contributed by atoms with Crippen molar-refractivity contribution in [2.75, 3.05) is 0 Å². The molecule has 2 aromatic rings. The van der Waals surface area contributed by atoms with Crippen LogP contribution in [0.15, 0.2) is 73.3 Å². The summed E-state index contributed by atoms with van der Waals surface area (Å²) in [4.78, 5) is 25.3. The van der Waals surface area contributed by atoms with Crippen LogP contribution in [0.25, 0.3) is 0 Å². The Balaban J connectivity index is 1.89. The summed E-state index contributed by atoms with van der Waals surface area (Å²) in [5.41, 5.74) is -0.479. The molecule has 1 aliphatic heterocycles. The van der Waals surface area contributed by atoms with Crippen LogP contribution in [0.1, 0.15) is 41.0 Å². The molecule has 0 spiro atoms. The number of hydrogen-bond donors (Lipinski definition) is 0. The average molecular weight is 380 g/mol. The minimum absolute atomic E-state index is 0.240. The third kappa shape index (κ3) is 3.71. The molecule has 2 aromatic carbocycles. The summed E-state index contributed by atoms with van der Waals surface area (Å²) in [6.45, 7) is 7.74. The lowest BCUT2D eigenvalue weighted by atomic mass is 9.85. The maximum absolute atomic E-state index is 12.7. The van der Waals surface area contributed by atoms with E-state index in [9.17, 15) is 9.59 Å². The quantitative estimate of drug-likeness (QED) is 0.549. The van der Waals surface area contributed by atoms with E-state index >= 15 is 0 Å². The fourth-order valence-corrected chi connectivity index (χ4v) is 3.46. The number of benzene rings is 2. The molecule has 0 aliphatic carbocycles. The second kappa shape index (κ2) is 8.40. The van der Waals surface area contributed by atoms with Crippen LogP contribution in [-0.2, 0) is 14.2 Å². The number of ether oxygens (including phenoxy) is 3. The largest absolute Gasteiger partial charge is 0.444 e. The van der Waals surface area contributed by atoms with Gasteiger partial charge in [0.2, 0.25) is 6.29 Å². The molecular weight excluding hydrogens is 356 g/mol. The average Bonchev–Trinajstić information content (AvgIpc) is 3.00. The second-order valence-corrected chi connectivity index (χ2v) is 6.79. The van der Waals surface area contributed by atoms with Gasteiger partial charge in [-0.25, -0.2) is 9.59 Å². The van der Waals surface area contributed by atoms with E-state index in [1.54, 1.807) is 48.5 Å². The molecule has 3 rings (SSSR count). The molecule has 1 heterocycles. The number of esters is 2. The van der Waals surface area contributed by atoms with E-state index in [0.717, 1.165) is 0 Å². The van der Waals surface area contributed by atoms with Gasteiger partial charge in [0.25, 0.3) is 0 Å². The number of carbonyl (C=O) groups is 2. The van der Waals surface area contributed by atoms with Crippen LogP contribution in [0.3, 0.4) is 0 Å². The highest BCUT2D eigenvalue weighted by Gasteiger charge is 2.57. The molecule has 146 valence electrons. The van der Waals surface area contributed by atoms with Crippen LogP contribution in [0, 0.1) is 5.92 Å². The zero-order valence-electron chi connectivity index (χ0n) is 16.0. The van der Waals surface area contributed by atoms with Gasteiger partial charge in [-0.15, -0.1) is 0 Å². The van der Waals surface area contributed by atoms with E-state index in [1.165, 1.54) is 6.08 Å². The Morgan fingerprint density at radius 1 is 1.04 bits per heavy atom. The molecule has 0 radical (unpaired) electrons. The Morgan fingerprint density at radius 3 is 2.07 bits per heavy atom. The lowest BCUT2D eigenvalue weighted by molar-refractivity contribution is -0.159. The van der Waals surface area contributed by atoms with Crippen LogP contribution >= 0.6 is 0 Å². The molecule has 0 amide bonds. The smallest absolute Gasteiger partial charge is 0.340 e. The first kappa shape index (κ1) is 19.8. The van der Waals surface area contributed by atoms with Crippen LogP contribution in [-0.4, -0.2) is 29.9 Å². The van der Waals surface area contributed by atoms with E-state index in [-0.39, 0.29) is 12.0 Å². The van der Waals surface area contributed by atoms with Crippen LogP contribution in [0.5, 0.6) is 0 Å². The fraction of sp³-hybridized carbons (Fsp3) is 0.304. The predicted octanol–water partition coefficient (Wildman–Crippen LogP) is 4.40. The molecule has 0 saturated carbocycles. The molecular formula is C23H24O5. The van der Waals surface area contributed by atoms with Crippen molar-refractivity contribution in [2.24, 2.45) is 5.92 Å². The highest BCUT2D eigenvalue weighted by Crippen LogP contribution is 2.43. The summed E-state index contributed by atoms with van der Waals surface area (Å²) in [6, 6.07) is 17.3. The van der Waals surface area contributed by atoms with Crippen molar-refractivity contribution in [3.8, 4) is 0 Å². The van der Waals surface area contributed by atoms with Gasteiger partial charge >= 0.3 is 11.9 Å². The molecule has 0 unspecified atom stereocenters. The van der Waals surface area contributed by atoms with Crippen molar-refractivity contribution >= 4 is 11.9 Å². The van der Waals surface area contributed by atoms with Crippen molar-refractivity contribution in [1.82, 2.24) is 0 Å². The molecule has 5 heteroatoms. The Bertz CT molecular complexity index is 833. The van der Waals surface area contributed by atoms with Crippen LogP contribution in [0.2, 0.25) is 0 Å². The zero-order chi connectivity index (χ0) is 20.1. The van der Waals surface area contributed by atoms with Gasteiger partial charge in [-0.3, -0.25) is 0 Å². The van der Waals surface area contributed by atoms with Crippen LogP contribution < -0.4 is 0 Å². The first-order valence-electron chi connectivity index (χ1n) is 9.35. The summed E-state index contributed by atoms with van der Waals surface area (Å²) >= 11 is 0. The third-order valence-electron chi connectivity index (χ3n) is 5.16. The minimum Gasteiger partial charge on any atom is -0.444 e. The van der Waals surface area contributed by atoms with E-state index < -0.39 is 23.8 Å². The molecule has 1 aliphatic rings. The van der Waals surface area contributed by atoms with E-state index in [1.807, 2.05) is 26.0 Å². The van der Waals surface area contributed by atoms with Crippen LogP contribution in [0.4, 0.5) is 0 Å². The van der Waals surface area contributed by atoms with Crippen molar-refractivity contribution < 1.29 is 23.8 Å². The van der Waals surface area contributed by atoms with E-state index in [4.69, 9.17) is 14.2 Å². The Kier molecular flexibility index (Phi) is 5.95. The Labute approximate surface area is 164 Å². The summed E-state index contributed by atoms with van der Waals surface area (Å²) in [5.74, 6) is -1.30. The number of hydrogen-bond acceptors (Lipinski definition) is 5. The molecule has 0 N–H and O–H groups in total. The standard InChI is InChI=1S/C23H24O5/c1-4-19-16(3)23(5-2,28-21(25)18-14-10-7-11-15-18)22(26-19)27-20(24)17-12-8-6-9-13-17/h5-16,19,22H,2,4H2,1,3H3/t16-,19-,22-,23-/m1/s1. The first-order valence-corrected chi connectivity index (χ1v) is 9.35. The minimum atomic E-state index is -1.28. The summed E-state index contributed by atoms with van der Waals surface area (Å²) in [6.07, 6.45) is 0.872. The Hall–Kier alpha value is -2.92. The van der Waals surface area contributed by atoms with Gasteiger partial charge in [0.1, 0.15) is 0 Å². The normalized spacial score (nSPS) is 26.4. The summed E-state index contributed by atoms with van der Waals surface area (Å²) in [7, 11) is 0. The van der Waals surface area contributed by atoms with E-state index in [2.05, 4.69) is 6.58 Å². The fourth-order valence-electron chi connectivity index (χ4n) is 3.46. The molecule has 4 atom stereocenters.